The summed E-state index contributed by atoms with van der Waals surface area (Å²) in [6.07, 6.45) is 2.79. The number of hydrogen-bond acceptors (Lipinski definition) is 4. The number of amides is 2. The van der Waals surface area contributed by atoms with Crippen LogP contribution in [0.25, 0.3) is 17.4 Å². The summed E-state index contributed by atoms with van der Waals surface area (Å²) in [5, 5.41) is 9.92. The average molecular weight is 605 g/mol. The van der Waals surface area contributed by atoms with Crippen molar-refractivity contribution in [3.8, 4) is 11.3 Å². The van der Waals surface area contributed by atoms with E-state index in [0.717, 1.165) is 0 Å². The molecule has 0 bridgehead atoms. The summed E-state index contributed by atoms with van der Waals surface area (Å²) in [4.78, 5) is 24.9. The zero-order valence-corrected chi connectivity index (χ0v) is 23.1. The molecule has 0 fully saturated rings. The van der Waals surface area contributed by atoms with E-state index >= 15 is 0 Å². The van der Waals surface area contributed by atoms with Gasteiger partial charge in [-0.3, -0.25) is 14.9 Å². The molecule has 192 valence electrons. The van der Waals surface area contributed by atoms with E-state index in [0.29, 0.717) is 43.5 Å². The average Bonchev–Trinajstić information content (AvgIpc) is 3.31. The molecular weight excluding hydrogens is 588 g/mol. The molecule has 0 saturated carbocycles. The van der Waals surface area contributed by atoms with E-state index < -0.39 is 11.8 Å². The van der Waals surface area contributed by atoms with Crippen molar-refractivity contribution in [2.24, 2.45) is 0 Å². The van der Waals surface area contributed by atoms with Gasteiger partial charge in [-0.15, -0.1) is 0 Å². The highest BCUT2D eigenvalue weighted by molar-refractivity contribution is 7.80. The van der Waals surface area contributed by atoms with Crippen molar-refractivity contribution >= 4 is 93.0 Å². The van der Waals surface area contributed by atoms with Crippen LogP contribution in [0.1, 0.15) is 16.1 Å². The number of thiocarbonyl (C=S) groups is 1. The van der Waals surface area contributed by atoms with Gasteiger partial charge in [-0.25, -0.2) is 0 Å². The Morgan fingerprint density at radius 1 is 0.789 bits per heavy atom. The van der Waals surface area contributed by atoms with Crippen molar-refractivity contribution < 1.29 is 14.0 Å². The topological polar surface area (TPSA) is 83.4 Å². The van der Waals surface area contributed by atoms with Crippen LogP contribution in [0.15, 0.2) is 83.3 Å². The molecule has 3 N–H and O–H groups in total. The monoisotopic (exact) mass is 603 g/mol. The largest absolute Gasteiger partial charge is 0.457 e. The smallest absolute Gasteiger partial charge is 0.257 e. The number of anilines is 2. The molecular formula is C27H17Cl4N3O3S. The van der Waals surface area contributed by atoms with Gasteiger partial charge in [0, 0.05) is 38.1 Å². The third-order valence-corrected chi connectivity index (χ3v) is 6.15. The van der Waals surface area contributed by atoms with Crippen molar-refractivity contribution in [3.63, 3.8) is 0 Å². The van der Waals surface area contributed by atoms with Crippen molar-refractivity contribution in [1.29, 1.82) is 0 Å². The Kier molecular flexibility index (Phi) is 9.09. The fourth-order valence-corrected chi connectivity index (χ4v) is 4.55. The summed E-state index contributed by atoms with van der Waals surface area (Å²) in [5.41, 5.74) is 2.04. The van der Waals surface area contributed by atoms with Gasteiger partial charge in [-0.2, -0.15) is 0 Å². The fourth-order valence-electron chi connectivity index (χ4n) is 3.31. The molecule has 3 aromatic carbocycles. The summed E-state index contributed by atoms with van der Waals surface area (Å²) in [5.74, 6) is 0.142. The molecule has 0 aliphatic rings. The lowest BCUT2D eigenvalue weighted by atomic mass is 10.2. The molecule has 4 aromatic rings. The molecule has 1 aromatic heterocycles. The number of rotatable bonds is 6. The molecule has 0 atom stereocenters. The highest BCUT2D eigenvalue weighted by Gasteiger charge is 2.12. The summed E-state index contributed by atoms with van der Waals surface area (Å²) < 4.78 is 5.74. The van der Waals surface area contributed by atoms with E-state index in [2.05, 4.69) is 16.0 Å². The number of furan rings is 1. The Hall–Kier alpha value is -3.33. The lowest BCUT2D eigenvalue weighted by molar-refractivity contribution is -0.115. The maximum atomic E-state index is 12.6. The first-order valence-corrected chi connectivity index (χ1v) is 12.8. The third-order valence-electron chi connectivity index (χ3n) is 4.96. The second-order valence-electron chi connectivity index (χ2n) is 7.80. The second kappa shape index (κ2) is 12.5. The van der Waals surface area contributed by atoms with Crippen LogP contribution in [0.3, 0.4) is 0 Å². The Morgan fingerprint density at radius 2 is 1.50 bits per heavy atom. The van der Waals surface area contributed by atoms with Crippen molar-refractivity contribution in [3.05, 3.63) is 110 Å². The Morgan fingerprint density at radius 3 is 2.21 bits per heavy atom. The zero-order chi connectivity index (χ0) is 27.2. The highest BCUT2D eigenvalue weighted by atomic mass is 35.5. The molecule has 0 spiro atoms. The summed E-state index contributed by atoms with van der Waals surface area (Å²) in [7, 11) is 0. The number of benzene rings is 3. The minimum Gasteiger partial charge on any atom is -0.457 e. The molecule has 4 rings (SSSR count). The predicted octanol–water partition coefficient (Wildman–Crippen LogP) is 8.34. The predicted molar refractivity (Wildman–Crippen MR) is 158 cm³/mol. The molecule has 0 saturated heterocycles. The molecule has 0 unspecified atom stereocenters. The zero-order valence-electron chi connectivity index (χ0n) is 19.2. The number of halogens is 4. The lowest BCUT2D eigenvalue weighted by Gasteiger charge is -2.11. The van der Waals surface area contributed by atoms with Crippen LogP contribution in [0.2, 0.25) is 20.1 Å². The number of hydrogen-bond donors (Lipinski definition) is 3. The minimum atomic E-state index is -0.465. The van der Waals surface area contributed by atoms with Crippen LogP contribution in [0, 0.1) is 0 Å². The van der Waals surface area contributed by atoms with Crippen LogP contribution in [0.5, 0.6) is 0 Å². The van der Waals surface area contributed by atoms with E-state index in [9.17, 15) is 9.59 Å². The SMILES string of the molecule is O=C(/C=C/c1ccc(-c2cc(Cl)cc(Cl)c2)o1)NC(=S)Nc1cccc(NC(=O)c2ccc(Cl)cc2Cl)c1. The van der Waals surface area contributed by atoms with Gasteiger partial charge < -0.3 is 15.1 Å². The van der Waals surface area contributed by atoms with Gasteiger partial charge in [0.15, 0.2) is 5.11 Å². The van der Waals surface area contributed by atoms with Crippen molar-refractivity contribution in [2.45, 2.75) is 0 Å². The van der Waals surface area contributed by atoms with E-state index in [1.165, 1.54) is 24.3 Å². The Bertz CT molecular complexity index is 1550. The number of nitrogens with one attached hydrogen (secondary N) is 3. The first kappa shape index (κ1) is 27.7. The maximum absolute atomic E-state index is 12.6. The van der Waals surface area contributed by atoms with Gasteiger partial charge >= 0.3 is 0 Å². The standard InChI is InChI=1S/C27H17Cl4N3O3S/c28-16-4-7-22(23(31)13-16)26(36)32-19-2-1-3-20(14-19)33-27(38)34-25(35)9-6-21-5-8-24(37-21)15-10-17(29)12-18(30)11-15/h1-14H,(H,32,36)(H2,33,34,35,38)/b9-6+. The number of carbonyl (C=O) groups is 2. The molecule has 0 aliphatic heterocycles. The van der Waals surface area contributed by atoms with Gasteiger partial charge in [0.25, 0.3) is 5.91 Å². The fraction of sp³-hybridized carbons (Fsp3) is 0. The molecule has 0 aliphatic carbocycles. The first-order chi connectivity index (χ1) is 18.2. The van der Waals surface area contributed by atoms with Crippen LogP contribution >= 0.6 is 58.6 Å². The Balaban J connectivity index is 1.33. The molecule has 11 heteroatoms. The third kappa shape index (κ3) is 7.60. The van der Waals surface area contributed by atoms with Crippen LogP contribution in [0.4, 0.5) is 11.4 Å². The van der Waals surface area contributed by atoms with Gasteiger partial charge in [0.2, 0.25) is 5.91 Å². The minimum absolute atomic E-state index is 0.0672. The highest BCUT2D eigenvalue weighted by Crippen LogP contribution is 2.29. The summed E-state index contributed by atoms with van der Waals surface area (Å²) in [6.45, 7) is 0. The maximum Gasteiger partial charge on any atom is 0.257 e. The van der Waals surface area contributed by atoms with Gasteiger partial charge in [-0.05, 0) is 85.0 Å². The van der Waals surface area contributed by atoms with Crippen molar-refractivity contribution in [2.75, 3.05) is 10.6 Å². The molecule has 6 nitrogen and oxygen atoms in total. The van der Waals surface area contributed by atoms with Gasteiger partial charge in [-0.1, -0.05) is 52.5 Å². The first-order valence-electron chi connectivity index (χ1n) is 10.9. The molecule has 1 heterocycles. The Labute approximate surface area is 243 Å². The summed E-state index contributed by atoms with van der Waals surface area (Å²) in [6, 6.07) is 19.9. The van der Waals surface area contributed by atoms with Gasteiger partial charge in [0.1, 0.15) is 11.5 Å². The van der Waals surface area contributed by atoms with E-state index in [4.69, 9.17) is 63.0 Å². The van der Waals surface area contributed by atoms with Crippen LogP contribution in [-0.4, -0.2) is 16.9 Å². The molecule has 0 radical (unpaired) electrons. The van der Waals surface area contributed by atoms with Crippen molar-refractivity contribution in [1.82, 2.24) is 5.32 Å². The normalized spacial score (nSPS) is 10.8. The number of carbonyl (C=O) groups excluding carboxylic acids is 2. The van der Waals surface area contributed by atoms with Crippen LogP contribution in [-0.2, 0) is 4.79 Å². The lowest BCUT2D eigenvalue weighted by Crippen LogP contribution is -2.32. The molecule has 38 heavy (non-hydrogen) atoms. The van der Waals surface area contributed by atoms with E-state index in [1.807, 2.05) is 0 Å². The quantitative estimate of drug-likeness (QED) is 0.152. The van der Waals surface area contributed by atoms with Gasteiger partial charge in [0.05, 0.1) is 10.6 Å². The van der Waals surface area contributed by atoms with E-state index in [1.54, 1.807) is 60.7 Å². The van der Waals surface area contributed by atoms with E-state index in [-0.39, 0.29) is 15.7 Å². The summed E-state index contributed by atoms with van der Waals surface area (Å²) >= 11 is 29.3. The second-order valence-corrected chi connectivity index (χ2v) is 9.92. The molecule has 2 amide bonds. The van der Waals surface area contributed by atoms with Crippen LogP contribution < -0.4 is 16.0 Å².